The van der Waals surface area contributed by atoms with Crippen LogP contribution in [-0.2, 0) is 41.9 Å². The van der Waals surface area contributed by atoms with Gasteiger partial charge in [-0.25, -0.2) is 0 Å². The lowest BCUT2D eigenvalue weighted by atomic mass is 9.81. The predicted octanol–water partition coefficient (Wildman–Crippen LogP) is 6.41. The first kappa shape index (κ1) is 38.5. The Hall–Kier alpha value is -3.52. The van der Waals surface area contributed by atoms with Crippen LogP contribution < -0.4 is 10.6 Å². The van der Waals surface area contributed by atoms with Crippen molar-refractivity contribution in [3.63, 3.8) is 0 Å². The average molecular weight is 611 g/mol. The lowest BCUT2D eigenvalue weighted by molar-refractivity contribution is -0.160. The number of amides is 2. The van der Waals surface area contributed by atoms with Gasteiger partial charge >= 0.3 is 5.97 Å². The molecule has 0 radical (unpaired) electrons. The molecule has 0 aliphatic rings. The molecule has 244 valence electrons. The molecule has 0 spiro atoms. The van der Waals surface area contributed by atoms with E-state index in [1.807, 2.05) is 69.3 Å². The molecule has 2 rings (SSSR count). The van der Waals surface area contributed by atoms with E-state index in [-0.39, 0.29) is 25.0 Å². The Labute approximate surface area is 264 Å². The Morgan fingerprint density at radius 3 is 1.86 bits per heavy atom. The number of hydrogen-bond acceptors (Lipinski definition) is 6. The molecule has 0 saturated carbocycles. The minimum absolute atomic E-state index is 0.0702. The summed E-state index contributed by atoms with van der Waals surface area (Å²) < 4.78 is 10.6. The van der Waals surface area contributed by atoms with Gasteiger partial charge in [0.2, 0.25) is 11.8 Å². The maximum Gasteiger partial charge on any atom is 0.319 e. The third kappa shape index (κ3) is 16.4. The van der Waals surface area contributed by atoms with Crippen LogP contribution in [0.3, 0.4) is 0 Å². The number of carbonyl (C=O) groups excluding carboxylic acids is 4. The molecule has 0 aliphatic heterocycles. The van der Waals surface area contributed by atoms with E-state index in [0.717, 1.165) is 38.0 Å². The number of Topliss-reactive ketones (excluding diaryl/α,β-unsaturated/α-hetero) is 1. The van der Waals surface area contributed by atoms with E-state index < -0.39 is 29.1 Å². The second-order valence-electron chi connectivity index (χ2n) is 12.3. The highest BCUT2D eigenvalue weighted by atomic mass is 16.5. The Morgan fingerprint density at radius 1 is 0.773 bits per heavy atom. The van der Waals surface area contributed by atoms with Crippen LogP contribution in [0.25, 0.3) is 0 Å². The van der Waals surface area contributed by atoms with E-state index in [4.69, 9.17) is 9.47 Å². The Bertz CT molecular complexity index is 1120. The Balaban J connectivity index is 0.000000813. The van der Waals surface area contributed by atoms with Crippen molar-refractivity contribution in [2.45, 2.75) is 99.8 Å². The van der Waals surface area contributed by atoms with Crippen LogP contribution >= 0.6 is 0 Å². The number of rotatable bonds is 18. The van der Waals surface area contributed by atoms with E-state index in [9.17, 15) is 19.2 Å². The first-order chi connectivity index (χ1) is 20.9. The van der Waals surface area contributed by atoms with Gasteiger partial charge in [-0.1, -0.05) is 101 Å². The molecule has 8 heteroatoms. The van der Waals surface area contributed by atoms with Crippen LogP contribution in [0.15, 0.2) is 60.7 Å². The Kier molecular flexibility index (Phi) is 18.6. The number of esters is 1. The number of hydrogen-bond donors (Lipinski definition) is 2. The summed E-state index contributed by atoms with van der Waals surface area (Å²) in [6.07, 6.45) is 3.56. The van der Waals surface area contributed by atoms with Crippen LogP contribution in [0.4, 0.5) is 0 Å². The second-order valence-corrected chi connectivity index (χ2v) is 12.3. The lowest BCUT2D eigenvalue weighted by Crippen LogP contribution is -2.52. The maximum atomic E-state index is 13.3. The standard InChI is InChI=1S/C27H42N2O5.C9H12O/c1-19(2)12-10-11-15-23(30)28-17-24(31)29-22(16-20(3)4)25(32)27(5,6)26(33)34-18-21-13-8-7-9-14-21;1-2-10-8-9-6-4-3-5-7-9/h7-9,13-14,19-20,22H,10-12,15-18H2,1-6H3,(H,28,30)(H,29,31);3-7H,2,8H2,1H3/t22-;/m0./s1. The van der Waals surface area contributed by atoms with Gasteiger partial charge in [-0.05, 0) is 56.6 Å². The van der Waals surface area contributed by atoms with Crippen molar-refractivity contribution in [3.8, 4) is 0 Å². The summed E-state index contributed by atoms with van der Waals surface area (Å²) in [5.41, 5.74) is 0.636. The van der Waals surface area contributed by atoms with Crippen molar-refractivity contribution >= 4 is 23.6 Å². The van der Waals surface area contributed by atoms with Crippen molar-refractivity contribution in [1.82, 2.24) is 10.6 Å². The third-order valence-electron chi connectivity index (χ3n) is 6.89. The summed E-state index contributed by atoms with van der Waals surface area (Å²) >= 11 is 0. The van der Waals surface area contributed by atoms with Gasteiger partial charge in [0.1, 0.15) is 12.0 Å². The normalized spacial score (nSPS) is 11.8. The number of nitrogens with one attached hydrogen (secondary N) is 2. The SMILES string of the molecule is CC(C)CCCCC(=O)NCC(=O)N[C@@H](CC(C)C)C(=O)C(C)(C)C(=O)OCc1ccccc1.CCOCc1ccccc1. The molecule has 0 aromatic heterocycles. The Morgan fingerprint density at radius 2 is 1.34 bits per heavy atom. The molecule has 44 heavy (non-hydrogen) atoms. The van der Waals surface area contributed by atoms with Crippen LogP contribution in [-0.4, -0.2) is 42.8 Å². The van der Waals surface area contributed by atoms with Crippen LogP contribution in [0.5, 0.6) is 0 Å². The van der Waals surface area contributed by atoms with Crippen LogP contribution in [0, 0.1) is 17.3 Å². The number of unbranched alkanes of at least 4 members (excludes halogenated alkanes) is 1. The largest absolute Gasteiger partial charge is 0.460 e. The molecule has 0 bridgehead atoms. The molecule has 0 heterocycles. The molecule has 0 fully saturated rings. The van der Waals surface area contributed by atoms with Crippen molar-refractivity contribution in [2.75, 3.05) is 13.2 Å². The molecule has 0 saturated heterocycles. The molecule has 2 aromatic carbocycles. The highest BCUT2D eigenvalue weighted by Gasteiger charge is 2.42. The third-order valence-corrected chi connectivity index (χ3v) is 6.89. The minimum Gasteiger partial charge on any atom is -0.460 e. The van der Waals surface area contributed by atoms with Gasteiger partial charge in [-0.15, -0.1) is 0 Å². The zero-order chi connectivity index (χ0) is 33.0. The highest BCUT2D eigenvalue weighted by molar-refractivity contribution is 6.06. The molecule has 0 unspecified atom stereocenters. The zero-order valence-electron chi connectivity index (χ0n) is 27.8. The number of ketones is 1. The van der Waals surface area contributed by atoms with E-state index in [1.54, 1.807) is 0 Å². The molecule has 2 N–H and O–H groups in total. The lowest BCUT2D eigenvalue weighted by Gasteiger charge is -2.28. The summed E-state index contributed by atoms with van der Waals surface area (Å²) in [4.78, 5) is 50.5. The first-order valence-corrected chi connectivity index (χ1v) is 15.8. The highest BCUT2D eigenvalue weighted by Crippen LogP contribution is 2.24. The monoisotopic (exact) mass is 610 g/mol. The van der Waals surface area contributed by atoms with Gasteiger partial charge in [0, 0.05) is 13.0 Å². The topological polar surface area (TPSA) is 111 Å². The fourth-order valence-electron chi connectivity index (χ4n) is 4.29. The van der Waals surface area contributed by atoms with Gasteiger partial charge in [0.15, 0.2) is 5.78 Å². The first-order valence-electron chi connectivity index (χ1n) is 15.8. The summed E-state index contributed by atoms with van der Waals surface area (Å²) in [6, 6.07) is 18.6. The zero-order valence-corrected chi connectivity index (χ0v) is 27.8. The number of benzene rings is 2. The van der Waals surface area contributed by atoms with Gasteiger partial charge < -0.3 is 20.1 Å². The van der Waals surface area contributed by atoms with Crippen LogP contribution in [0.2, 0.25) is 0 Å². The smallest absolute Gasteiger partial charge is 0.319 e. The van der Waals surface area contributed by atoms with E-state index in [2.05, 4.69) is 36.6 Å². The van der Waals surface area contributed by atoms with Gasteiger partial charge in [-0.2, -0.15) is 0 Å². The van der Waals surface area contributed by atoms with Crippen molar-refractivity contribution in [1.29, 1.82) is 0 Å². The molecule has 2 aromatic rings. The molecule has 1 atom stereocenters. The van der Waals surface area contributed by atoms with Gasteiger partial charge in [-0.3, -0.25) is 19.2 Å². The average Bonchev–Trinajstić information content (AvgIpc) is 3.00. The van der Waals surface area contributed by atoms with Gasteiger partial charge in [0.25, 0.3) is 0 Å². The molecule has 8 nitrogen and oxygen atoms in total. The molecular weight excluding hydrogens is 556 g/mol. The molecular formula is C36H54N2O6. The summed E-state index contributed by atoms with van der Waals surface area (Å²) in [5, 5.41) is 5.32. The van der Waals surface area contributed by atoms with E-state index in [0.29, 0.717) is 18.8 Å². The minimum atomic E-state index is -1.43. The molecule has 0 aliphatic carbocycles. The summed E-state index contributed by atoms with van der Waals surface area (Å²) in [6.45, 7) is 14.6. The van der Waals surface area contributed by atoms with Gasteiger partial charge in [0.05, 0.1) is 19.2 Å². The predicted molar refractivity (Wildman–Crippen MR) is 174 cm³/mol. The van der Waals surface area contributed by atoms with Crippen LogP contribution in [0.1, 0.15) is 91.7 Å². The van der Waals surface area contributed by atoms with E-state index >= 15 is 0 Å². The van der Waals surface area contributed by atoms with Crippen molar-refractivity contribution < 1.29 is 28.7 Å². The quantitative estimate of drug-likeness (QED) is 0.115. The fourth-order valence-corrected chi connectivity index (χ4v) is 4.29. The number of carbonyl (C=O) groups is 4. The maximum absolute atomic E-state index is 13.3. The fraction of sp³-hybridized carbons (Fsp3) is 0.556. The van der Waals surface area contributed by atoms with E-state index in [1.165, 1.54) is 19.4 Å². The van der Waals surface area contributed by atoms with Crippen molar-refractivity contribution in [2.24, 2.45) is 17.3 Å². The second kappa shape index (κ2) is 21.2. The summed E-state index contributed by atoms with van der Waals surface area (Å²) in [5.74, 6) is -0.977. The number of ether oxygens (including phenoxy) is 2. The molecule has 2 amide bonds. The summed E-state index contributed by atoms with van der Waals surface area (Å²) in [7, 11) is 0. The van der Waals surface area contributed by atoms with Crippen molar-refractivity contribution in [3.05, 3.63) is 71.8 Å².